The predicted octanol–water partition coefficient (Wildman–Crippen LogP) is 1.33. The summed E-state index contributed by atoms with van der Waals surface area (Å²) in [5, 5.41) is 15.8. The Morgan fingerprint density at radius 3 is 2.55 bits per heavy atom. The molecule has 0 radical (unpaired) electrons. The van der Waals surface area contributed by atoms with Crippen LogP contribution in [0.15, 0.2) is 30.5 Å². The van der Waals surface area contributed by atoms with Gasteiger partial charge in [0.25, 0.3) is 0 Å². The minimum Gasteiger partial charge on any atom is -0.476 e. The molecule has 1 aromatic heterocycles. The van der Waals surface area contributed by atoms with Crippen LogP contribution >= 0.6 is 0 Å². The van der Waals surface area contributed by atoms with E-state index in [0.29, 0.717) is 0 Å². The molecule has 2 rings (SSSR count). The van der Waals surface area contributed by atoms with E-state index in [1.807, 2.05) is 6.92 Å². The number of hydrogen-bond donors (Lipinski definition) is 1. The standard InChI is InChI=1S/C14H15FN4O3/c1-9(10-3-5-11(15)6-4-10)18(2)13(20)8-19-7-12(14(21)22)16-17-19/h3-7,9H,8H2,1-2H3,(H,21,22). The molecule has 1 aromatic carbocycles. The van der Waals surface area contributed by atoms with Crippen molar-refractivity contribution in [1.29, 1.82) is 0 Å². The molecule has 7 nitrogen and oxygen atoms in total. The molecule has 22 heavy (non-hydrogen) atoms. The first kappa shape index (κ1) is 15.6. The van der Waals surface area contributed by atoms with Gasteiger partial charge in [0.2, 0.25) is 5.91 Å². The lowest BCUT2D eigenvalue weighted by molar-refractivity contribution is -0.132. The number of carboxylic acids is 1. The highest BCUT2D eigenvalue weighted by atomic mass is 19.1. The van der Waals surface area contributed by atoms with Gasteiger partial charge >= 0.3 is 5.97 Å². The third-order valence-electron chi connectivity index (χ3n) is 3.38. The quantitative estimate of drug-likeness (QED) is 0.900. The summed E-state index contributed by atoms with van der Waals surface area (Å²) in [6.45, 7) is 1.69. The van der Waals surface area contributed by atoms with E-state index in [1.54, 1.807) is 19.2 Å². The predicted molar refractivity (Wildman–Crippen MR) is 74.6 cm³/mol. The molecule has 0 aliphatic carbocycles. The number of hydrogen-bond acceptors (Lipinski definition) is 4. The Labute approximate surface area is 126 Å². The van der Waals surface area contributed by atoms with Gasteiger partial charge < -0.3 is 10.0 Å². The molecule has 0 saturated heterocycles. The number of nitrogens with zero attached hydrogens (tertiary/aromatic N) is 4. The van der Waals surface area contributed by atoms with Crippen LogP contribution in [0.2, 0.25) is 0 Å². The van der Waals surface area contributed by atoms with E-state index in [4.69, 9.17) is 5.11 Å². The zero-order valence-electron chi connectivity index (χ0n) is 12.1. The van der Waals surface area contributed by atoms with Crippen molar-refractivity contribution in [3.05, 3.63) is 47.5 Å². The lowest BCUT2D eigenvalue weighted by Crippen LogP contribution is -2.32. The Bertz CT molecular complexity index is 684. The van der Waals surface area contributed by atoms with Crippen LogP contribution in [0.3, 0.4) is 0 Å². The summed E-state index contributed by atoms with van der Waals surface area (Å²) in [6.07, 6.45) is 1.19. The van der Waals surface area contributed by atoms with Crippen molar-refractivity contribution < 1.29 is 19.1 Å². The van der Waals surface area contributed by atoms with Crippen LogP contribution in [-0.4, -0.2) is 43.9 Å². The maximum atomic E-state index is 12.9. The Balaban J connectivity index is 2.04. The zero-order valence-corrected chi connectivity index (χ0v) is 12.1. The van der Waals surface area contributed by atoms with Crippen LogP contribution in [0, 0.1) is 5.82 Å². The molecule has 1 heterocycles. The Hall–Kier alpha value is -2.77. The average molecular weight is 306 g/mol. The van der Waals surface area contributed by atoms with Crippen LogP contribution in [0.1, 0.15) is 29.0 Å². The van der Waals surface area contributed by atoms with Crippen LogP contribution in [0.4, 0.5) is 4.39 Å². The summed E-state index contributed by atoms with van der Waals surface area (Å²) in [5.74, 6) is -1.81. The summed E-state index contributed by atoms with van der Waals surface area (Å²) >= 11 is 0. The number of carboxylic acid groups (broad SMARTS) is 1. The van der Waals surface area contributed by atoms with Gasteiger partial charge in [-0.25, -0.2) is 13.9 Å². The van der Waals surface area contributed by atoms with E-state index in [2.05, 4.69) is 10.3 Å². The lowest BCUT2D eigenvalue weighted by Gasteiger charge is -2.25. The van der Waals surface area contributed by atoms with Crippen molar-refractivity contribution in [1.82, 2.24) is 19.9 Å². The van der Waals surface area contributed by atoms with Gasteiger partial charge in [-0.3, -0.25) is 4.79 Å². The number of likely N-dealkylation sites (N-methyl/N-ethyl adjacent to an activating group) is 1. The number of aromatic nitrogens is 3. The van der Waals surface area contributed by atoms with Gasteiger partial charge in [0.1, 0.15) is 12.4 Å². The highest BCUT2D eigenvalue weighted by Crippen LogP contribution is 2.19. The largest absolute Gasteiger partial charge is 0.476 e. The molecule has 116 valence electrons. The Morgan fingerprint density at radius 1 is 1.36 bits per heavy atom. The molecular formula is C14H15FN4O3. The van der Waals surface area contributed by atoms with E-state index in [1.165, 1.54) is 27.9 Å². The van der Waals surface area contributed by atoms with Gasteiger partial charge in [0.05, 0.1) is 12.2 Å². The van der Waals surface area contributed by atoms with Crippen LogP contribution in [0.5, 0.6) is 0 Å². The molecule has 8 heteroatoms. The number of carbonyl (C=O) groups excluding carboxylic acids is 1. The SMILES string of the molecule is CC(c1ccc(F)cc1)N(C)C(=O)Cn1cc(C(=O)O)nn1. The van der Waals surface area contributed by atoms with Gasteiger partial charge in [0.15, 0.2) is 5.69 Å². The number of amides is 1. The van der Waals surface area contributed by atoms with Gasteiger partial charge in [0, 0.05) is 7.05 Å². The van der Waals surface area contributed by atoms with Crippen molar-refractivity contribution in [2.24, 2.45) is 0 Å². The molecule has 0 aliphatic rings. The smallest absolute Gasteiger partial charge is 0.358 e. The second-order valence-corrected chi connectivity index (χ2v) is 4.84. The van der Waals surface area contributed by atoms with Crippen molar-refractivity contribution in [3.8, 4) is 0 Å². The van der Waals surface area contributed by atoms with Gasteiger partial charge in [-0.15, -0.1) is 5.10 Å². The number of benzene rings is 1. The van der Waals surface area contributed by atoms with Crippen molar-refractivity contribution in [2.75, 3.05) is 7.05 Å². The van der Waals surface area contributed by atoms with Crippen LogP contribution in [-0.2, 0) is 11.3 Å². The molecule has 1 atom stereocenters. The minimum atomic E-state index is -1.20. The fourth-order valence-corrected chi connectivity index (χ4v) is 1.90. The van der Waals surface area contributed by atoms with Gasteiger partial charge in [-0.2, -0.15) is 0 Å². The van der Waals surface area contributed by atoms with E-state index < -0.39 is 5.97 Å². The number of halogens is 1. The number of carbonyl (C=O) groups is 2. The molecule has 0 spiro atoms. The van der Waals surface area contributed by atoms with Crippen molar-refractivity contribution in [3.63, 3.8) is 0 Å². The molecular weight excluding hydrogens is 291 g/mol. The normalized spacial score (nSPS) is 12.0. The second kappa shape index (κ2) is 6.33. The Kier molecular flexibility index (Phi) is 4.50. The summed E-state index contributed by atoms with van der Waals surface area (Å²) in [6, 6.07) is 5.64. The second-order valence-electron chi connectivity index (χ2n) is 4.84. The molecule has 0 aliphatic heterocycles. The fraction of sp³-hybridized carbons (Fsp3) is 0.286. The first-order valence-corrected chi connectivity index (χ1v) is 6.53. The third-order valence-corrected chi connectivity index (χ3v) is 3.38. The third kappa shape index (κ3) is 3.46. The lowest BCUT2D eigenvalue weighted by atomic mass is 10.1. The molecule has 0 bridgehead atoms. The molecule has 0 saturated carbocycles. The maximum absolute atomic E-state index is 12.9. The minimum absolute atomic E-state index is 0.123. The first-order valence-electron chi connectivity index (χ1n) is 6.53. The summed E-state index contributed by atoms with van der Waals surface area (Å²) in [4.78, 5) is 24.4. The van der Waals surface area contributed by atoms with E-state index in [9.17, 15) is 14.0 Å². The molecule has 1 unspecified atom stereocenters. The van der Waals surface area contributed by atoms with Crippen molar-refractivity contribution >= 4 is 11.9 Å². The number of rotatable bonds is 5. The summed E-state index contributed by atoms with van der Waals surface area (Å²) in [7, 11) is 1.62. The molecule has 2 aromatic rings. The van der Waals surface area contributed by atoms with Gasteiger partial charge in [-0.05, 0) is 24.6 Å². The Morgan fingerprint density at radius 2 is 2.00 bits per heavy atom. The first-order chi connectivity index (χ1) is 10.4. The highest BCUT2D eigenvalue weighted by Gasteiger charge is 2.19. The molecule has 1 amide bonds. The van der Waals surface area contributed by atoms with Gasteiger partial charge in [-0.1, -0.05) is 17.3 Å². The highest BCUT2D eigenvalue weighted by molar-refractivity contribution is 5.84. The summed E-state index contributed by atoms with van der Waals surface area (Å²) < 4.78 is 14.1. The summed E-state index contributed by atoms with van der Waals surface area (Å²) in [5.41, 5.74) is 0.573. The molecule has 0 fully saturated rings. The van der Waals surface area contributed by atoms with E-state index in [-0.39, 0.29) is 30.0 Å². The van der Waals surface area contributed by atoms with E-state index >= 15 is 0 Å². The zero-order chi connectivity index (χ0) is 16.3. The fourth-order valence-electron chi connectivity index (χ4n) is 1.90. The topological polar surface area (TPSA) is 88.3 Å². The van der Waals surface area contributed by atoms with Crippen molar-refractivity contribution in [2.45, 2.75) is 19.5 Å². The van der Waals surface area contributed by atoms with E-state index in [0.717, 1.165) is 5.56 Å². The monoisotopic (exact) mass is 306 g/mol. The van der Waals surface area contributed by atoms with Crippen LogP contribution in [0.25, 0.3) is 0 Å². The maximum Gasteiger partial charge on any atom is 0.358 e. The number of aromatic carboxylic acids is 1. The van der Waals surface area contributed by atoms with Crippen LogP contribution < -0.4 is 0 Å². The molecule has 1 N–H and O–H groups in total. The average Bonchev–Trinajstić information content (AvgIpc) is 2.95.